The third-order valence-electron chi connectivity index (χ3n) is 3.52. The van der Waals surface area contributed by atoms with Crippen LogP contribution < -0.4 is 10.6 Å². The number of rotatable bonds is 5. The number of para-hydroxylation sites is 2. The van der Waals surface area contributed by atoms with E-state index in [1.807, 2.05) is 48.5 Å². The molecule has 3 aromatic rings. The molecule has 1 aromatic heterocycles. The van der Waals surface area contributed by atoms with Crippen molar-refractivity contribution in [3.8, 4) is 0 Å². The minimum atomic E-state index is -1.82. The zero-order valence-electron chi connectivity index (χ0n) is 15.1. The highest BCUT2D eigenvalue weighted by atomic mass is 16.4. The number of aromatic amines is 1. The number of H-pyrrole nitrogens is 1. The molecule has 3 rings (SSSR count). The van der Waals surface area contributed by atoms with Crippen molar-refractivity contribution in [2.75, 3.05) is 5.32 Å². The predicted octanol–water partition coefficient (Wildman–Crippen LogP) is 1.97. The van der Waals surface area contributed by atoms with Crippen LogP contribution in [0.25, 0.3) is 11.0 Å². The molecule has 0 spiro atoms. The number of aromatic nitrogens is 2. The SMILES string of the molecule is CC(=O)Nc1ccc(CNCc2nc3ccccc3[nH]2)cc1.O=C(O)C(=O)O. The molecule has 0 aliphatic rings. The molecule has 0 fully saturated rings. The van der Waals surface area contributed by atoms with Crippen LogP contribution >= 0.6 is 0 Å². The summed E-state index contributed by atoms with van der Waals surface area (Å²) >= 11 is 0. The van der Waals surface area contributed by atoms with Crippen LogP contribution in [0.1, 0.15) is 18.3 Å². The van der Waals surface area contributed by atoms with Crippen LogP contribution in [-0.4, -0.2) is 38.0 Å². The van der Waals surface area contributed by atoms with Crippen LogP contribution in [0.2, 0.25) is 0 Å². The van der Waals surface area contributed by atoms with Crippen molar-refractivity contribution < 1.29 is 24.6 Å². The first kappa shape index (κ1) is 20.6. The van der Waals surface area contributed by atoms with Crippen LogP contribution in [0.3, 0.4) is 0 Å². The molecule has 0 saturated carbocycles. The zero-order chi connectivity index (χ0) is 20.5. The van der Waals surface area contributed by atoms with Gasteiger partial charge >= 0.3 is 11.9 Å². The summed E-state index contributed by atoms with van der Waals surface area (Å²) in [5, 5.41) is 20.9. The Bertz CT molecular complexity index is 921. The van der Waals surface area contributed by atoms with E-state index < -0.39 is 11.9 Å². The lowest BCUT2D eigenvalue weighted by Crippen LogP contribution is -2.13. The lowest BCUT2D eigenvalue weighted by Gasteiger charge is -2.05. The summed E-state index contributed by atoms with van der Waals surface area (Å²) in [4.78, 5) is 37.0. The molecule has 5 N–H and O–H groups in total. The predicted molar refractivity (Wildman–Crippen MR) is 103 cm³/mol. The summed E-state index contributed by atoms with van der Waals surface area (Å²) in [5.41, 5.74) is 4.01. The van der Waals surface area contributed by atoms with Gasteiger partial charge in [-0.15, -0.1) is 0 Å². The van der Waals surface area contributed by atoms with Crippen molar-refractivity contribution in [3.63, 3.8) is 0 Å². The molecule has 0 saturated heterocycles. The topological polar surface area (TPSA) is 144 Å². The molecular formula is C19H20N4O5. The molecule has 0 aliphatic carbocycles. The fourth-order valence-corrected chi connectivity index (χ4v) is 2.32. The maximum absolute atomic E-state index is 11.0. The van der Waals surface area contributed by atoms with Gasteiger partial charge in [-0.25, -0.2) is 14.6 Å². The summed E-state index contributed by atoms with van der Waals surface area (Å²) in [7, 11) is 0. The van der Waals surface area contributed by atoms with Gasteiger partial charge in [0, 0.05) is 19.2 Å². The minimum absolute atomic E-state index is 0.0595. The number of hydrogen-bond acceptors (Lipinski definition) is 5. The van der Waals surface area contributed by atoms with E-state index in [2.05, 4.69) is 20.6 Å². The Morgan fingerprint density at radius 3 is 2.18 bits per heavy atom. The highest BCUT2D eigenvalue weighted by Crippen LogP contribution is 2.11. The Labute approximate surface area is 160 Å². The van der Waals surface area contributed by atoms with Gasteiger partial charge in [-0.2, -0.15) is 0 Å². The molecule has 0 aliphatic heterocycles. The average Bonchev–Trinajstić information content (AvgIpc) is 3.06. The fraction of sp³-hybridized carbons (Fsp3) is 0.158. The van der Waals surface area contributed by atoms with Crippen molar-refractivity contribution in [2.24, 2.45) is 0 Å². The number of hydrogen-bond donors (Lipinski definition) is 5. The van der Waals surface area contributed by atoms with Crippen molar-refractivity contribution in [1.82, 2.24) is 15.3 Å². The maximum atomic E-state index is 11.0. The molecule has 0 unspecified atom stereocenters. The van der Waals surface area contributed by atoms with Gasteiger partial charge in [0.2, 0.25) is 5.91 Å². The largest absolute Gasteiger partial charge is 0.473 e. The summed E-state index contributed by atoms with van der Waals surface area (Å²) in [6.45, 7) is 2.93. The van der Waals surface area contributed by atoms with Gasteiger partial charge in [-0.05, 0) is 29.8 Å². The molecule has 2 aromatic carbocycles. The zero-order valence-corrected chi connectivity index (χ0v) is 15.1. The number of amides is 1. The van der Waals surface area contributed by atoms with Gasteiger partial charge in [0.05, 0.1) is 17.6 Å². The van der Waals surface area contributed by atoms with Crippen LogP contribution in [0.4, 0.5) is 5.69 Å². The lowest BCUT2D eigenvalue weighted by molar-refractivity contribution is -0.159. The van der Waals surface area contributed by atoms with Gasteiger partial charge in [0.1, 0.15) is 5.82 Å². The standard InChI is InChI=1S/C17H18N4O.C2H2O4/c1-12(22)19-14-8-6-13(7-9-14)10-18-11-17-20-15-4-2-3-5-16(15)21-17;3-1(4)2(5)6/h2-9,18H,10-11H2,1H3,(H,19,22)(H,20,21);(H,3,4)(H,5,6). The molecule has 0 atom stereocenters. The van der Waals surface area contributed by atoms with E-state index in [0.717, 1.165) is 34.7 Å². The number of imidazole rings is 1. The normalized spacial score (nSPS) is 10.0. The summed E-state index contributed by atoms with van der Waals surface area (Å²) in [5.74, 6) is -2.78. The van der Waals surface area contributed by atoms with Gasteiger partial charge in [0.25, 0.3) is 0 Å². The highest BCUT2D eigenvalue weighted by Gasteiger charge is 2.04. The van der Waals surface area contributed by atoms with Crippen molar-refractivity contribution in [1.29, 1.82) is 0 Å². The number of fused-ring (bicyclic) bond motifs is 1. The number of nitrogens with one attached hydrogen (secondary N) is 3. The summed E-state index contributed by atoms with van der Waals surface area (Å²) in [6, 6.07) is 15.8. The monoisotopic (exact) mass is 384 g/mol. The van der Waals surface area contributed by atoms with E-state index in [0.29, 0.717) is 6.54 Å². The maximum Gasteiger partial charge on any atom is 0.414 e. The molecule has 1 heterocycles. The number of nitrogens with zero attached hydrogens (tertiary/aromatic N) is 1. The first-order valence-electron chi connectivity index (χ1n) is 8.32. The second kappa shape index (κ2) is 9.83. The third-order valence-corrected chi connectivity index (χ3v) is 3.52. The Hall–Kier alpha value is -3.72. The van der Waals surface area contributed by atoms with Gasteiger partial charge in [0.15, 0.2) is 0 Å². The Kier molecular flexibility index (Phi) is 7.23. The lowest BCUT2D eigenvalue weighted by atomic mass is 10.2. The first-order chi connectivity index (χ1) is 13.3. The Balaban J connectivity index is 0.000000409. The number of carbonyl (C=O) groups excluding carboxylic acids is 1. The van der Waals surface area contributed by atoms with E-state index in [1.54, 1.807) is 0 Å². The van der Waals surface area contributed by atoms with Crippen molar-refractivity contribution >= 4 is 34.6 Å². The number of benzene rings is 2. The molecule has 9 heteroatoms. The van der Waals surface area contributed by atoms with Crippen LogP contribution in [-0.2, 0) is 27.5 Å². The molecule has 1 amide bonds. The van der Waals surface area contributed by atoms with Gasteiger partial charge < -0.3 is 25.8 Å². The second-order valence-electron chi connectivity index (χ2n) is 5.79. The van der Waals surface area contributed by atoms with Crippen LogP contribution in [0, 0.1) is 0 Å². The average molecular weight is 384 g/mol. The van der Waals surface area contributed by atoms with Crippen molar-refractivity contribution in [2.45, 2.75) is 20.0 Å². The third kappa shape index (κ3) is 6.54. The van der Waals surface area contributed by atoms with E-state index >= 15 is 0 Å². The Morgan fingerprint density at radius 1 is 0.964 bits per heavy atom. The fourth-order valence-electron chi connectivity index (χ4n) is 2.32. The van der Waals surface area contributed by atoms with E-state index in [1.165, 1.54) is 6.92 Å². The van der Waals surface area contributed by atoms with Crippen LogP contribution in [0.15, 0.2) is 48.5 Å². The van der Waals surface area contributed by atoms with Gasteiger partial charge in [-0.3, -0.25) is 4.79 Å². The second-order valence-corrected chi connectivity index (χ2v) is 5.79. The quantitative estimate of drug-likeness (QED) is 0.423. The van der Waals surface area contributed by atoms with Crippen LogP contribution in [0.5, 0.6) is 0 Å². The highest BCUT2D eigenvalue weighted by molar-refractivity contribution is 6.27. The first-order valence-corrected chi connectivity index (χ1v) is 8.32. The molecule has 9 nitrogen and oxygen atoms in total. The minimum Gasteiger partial charge on any atom is -0.473 e. The van der Waals surface area contributed by atoms with Crippen molar-refractivity contribution in [3.05, 3.63) is 59.9 Å². The van der Waals surface area contributed by atoms with E-state index in [9.17, 15) is 4.79 Å². The number of carboxylic acid groups (broad SMARTS) is 2. The van der Waals surface area contributed by atoms with E-state index in [-0.39, 0.29) is 5.91 Å². The molecule has 146 valence electrons. The van der Waals surface area contributed by atoms with Gasteiger partial charge in [-0.1, -0.05) is 24.3 Å². The van der Waals surface area contributed by atoms with E-state index in [4.69, 9.17) is 19.8 Å². The Morgan fingerprint density at radius 2 is 1.61 bits per heavy atom. The summed E-state index contributed by atoms with van der Waals surface area (Å²) in [6.07, 6.45) is 0. The summed E-state index contributed by atoms with van der Waals surface area (Å²) < 4.78 is 0. The smallest absolute Gasteiger partial charge is 0.414 e. The number of carboxylic acids is 2. The number of carbonyl (C=O) groups is 3. The number of anilines is 1. The molecule has 28 heavy (non-hydrogen) atoms. The molecular weight excluding hydrogens is 364 g/mol. The molecule has 0 bridgehead atoms. The molecule has 0 radical (unpaired) electrons. The number of aliphatic carboxylic acids is 2.